The topological polar surface area (TPSA) is 211 Å². The van der Waals surface area contributed by atoms with Gasteiger partial charge in [0.25, 0.3) is 5.91 Å². The maximum Gasteiger partial charge on any atom is 0.255 e. The van der Waals surface area contributed by atoms with Crippen molar-refractivity contribution in [3.63, 3.8) is 0 Å². The van der Waals surface area contributed by atoms with Crippen LogP contribution in [-0.2, 0) is 19.2 Å². The number of rotatable bonds is 5. The van der Waals surface area contributed by atoms with Crippen molar-refractivity contribution in [3.8, 4) is 5.75 Å². The lowest BCUT2D eigenvalue weighted by molar-refractivity contribution is -0.169. The van der Waals surface area contributed by atoms with Crippen molar-refractivity contribution in [2.24, 2.45) is 17.6 Å². The molecular weight excluding hydrogens is 598 g/mol. The largest absolute Gasteiger partial charge is 0.508 e. The summed E-state index contributed by atoms with van der Waals surface area (Å²) in [5, 5.41) is 59.0. The number of likely N-dealkylation sites (N-methyl/N-ethyl adjacent to an activating group) is 1. The van der Waals surface area contributed by atoms with E-state index in [1.807, 2.05) is 0 Å². The number of aliphatic hydroxyl groups is 4. The summed E-state index contributed by atoms with van der Waals surface area (Å²) in [6.45, 7) is 1.61. The van der Waals surface area contributed by atoms with Gasteiger partial charge in [-0.05, 0) is 31.6 Å². The fourth-order valence-corrected chi connectivity index (χ4v) is 6.29. The molecule has 0 heterocycles. The number of phenols is 1. The monoisotopic (exact) mass is 625 g/mol. The van der Waals surface area contributed by atoms with Crippen LogP contribution in [0.15, 0.2) is 29.0 Å². The summed E-state index contributed by atoms with van der Waals surface area (Å²) in [6, 6.07) is 1.47. The van der Waals surface area contributed by atoms with Gasteiger partial charge in [-0.1, -0.05) is 28.9 Å². The Balaban J connectivity index is 1.97. The molecule has 210 valence electrons. The third-order valence-corrected chi connectivity index (χ3v) is 9.44. The zero-order chi connectivity index (χ0) is 29.3. The Hall–Kier alpha value is -2.91. The van der Waals surface area contributed by atoms with E-state index in [0.717, 1.165) is 0 Å². The van der Waals surface area contributed by atoms with Crippen LogP contribution >= 0.6 is 28.6 Å². The first kappa shape index (κ1) is 29.1. The molecule has 8 N–H and O–H groups in total. The lowest BCUT2D eigenvalue weighted by atomic mass is 9.54. The molecule has 6 unspecified atom stereocenters. The Kier molecular flexibility index (Phi) is 7.40. The molecule has 1 aromatic rings. The molecule has 0 aliphatic heterocycles. The van der Waals surface area contributed by atoms with Crippen LogP contribution in [0.2, 0.25) is 0 Å². The Morgan fingerprint density at radius 3 is 2.38 bits per heavy atom. The van der Waals surface area contributed by atoms with Gasteiger partial charge >= 0.3 is 0 Å². The second-order valence-electron chi connectivity index (χ2n) is 10.1. The van der Waals surface area contributed by atoms with Gasteiger partial charge in [0.05, 0.1) is 29.3 Å². The minimum atomic E-state index is -3.00. The highest BCUT2D eigenvalue weighted by molar-refractivity contribution is 9.10. The molecular formula is C25H28BrN3O9S. The second-order valence-corrected chi connectivity index (χ2v) is 11.6. The number of thiol groups is 1. The molecule has 1 aromatic carbocycles. The predicted octanol–water partition coefficient (Wildman–Crippen LogP) is 0.128. The molecule has 7 atom stereocenters. The highest BCUT2D eigenvalue weighted by Crippen LogP contribution is 2.56. The fraction of sp³-hybridized carbons (Fsp3) is 0.440. The molecule has 0 saturated heterocycles. The normalized spacial score (nSPS) is 31.0. The average Bonchev–Trinajstić information content (AvgIpc) is 2.86. The van der Waals surface area contributed by atoms with E-state index in [4.69, 9.17) is 5.73 Å². The standard InChI is InChI=1S/C25H28BrN3O9S/c1-7-8-4-5-10(28-24(37)9(26)6-39)17(30)12(8)18(31)13-11(7)19(32)15-16(29(2)3)20(33)14(23(27)36)22(35)25(15,38)21(13)34/h4-5,7,9,11,15-16,19,30-32,35,38-39H,6H2,1-3H3,(H2,27,36)(H,28,37)/t7?,9?,11?,15?,16-,19?,25?/m0/s1. The van der Waals surface area contributed by atoms with Crippen LogP contribution in [0.5, 0.6) is 5.75 Å². The summed E-state index contributed by atoms with van der Waals surface area (Å²) in [6.07, 6.45) is -1.69. The quantitative estimate of drug-likeness (QED) is 0.0958. The number of nitrogens with two attached hydrogens (primary N) is 1. The number of hydrogen-bond acceptors (Lipinski definition) is 11. The van der Waals surface area contributed by atoms with E-state index in [9.17, 15) is 44.7 Å². The van der Waals surface area contributed by atoms with Crippen molar-refractivity contribution in [2.45, 2.75) is 35.4 Å². The van der Waals surface area contributed by atoms with Crippen LogP contribution in [0.25, 0.3) is 5.76 Å². The number of Topliss-reactive ketones (excluding diaryl/α,β-unsaturated/α-hetero) is 2. The Morgan fingerprint density at radius 1 is 1.23 bits per heavy atom. The van der Waals surface area contributed by atoms with Crippen molar-refractivity contribution < 1.29 is 44.7 Å². The Morgan fingerprint density at radius 2 is 1.85 bits per heavy atom. The van der Waals surface area contributed by atoms with E-state index in [1.165, 1.54) is 31.1 Å². The fourth-order valence-electron chi connectivity index (χ4n) is 6.01. The zero-order valence-corrected chi connectivity index (χ0v) is 23.5. The molecule has 12 nitrogen and oxygen atoms in total. The van der Waals surface area contributed by atoms with E-state index in [0.29, 0.717) is 5.56 Å². The van der Waals surface area contributed by atoms with Gasteiger partial charge in [0.2, 0.25) is 11.7 Å². The molecule has 3 aliphatic rings. The number of carbonyl (C=O) groups excluding carboxylic acids is 4. The molecule has 3 aliphatic carbocycles. The van der Waals surface area contributed by atoms with Crippen molar-refractivity contribution in [1.29, 1.82) is 0 Å². The number of anilines is 1. The molecule has 39 heavy (non-hydrogen) atoms. The number of phenolic OH excluding ortho intramolecular Hbond substituents is 1. The highest BCUT2D eigenvalue weighted by atomic mass is 79.9. The van der Waals surface area contributed by atoms with Crippen LogP contribution in [0, 0.1) is 11.8 Å². The Bertz CT molecular complexity index is 1380. The number of primary amides is 1. The van der Waals surface area contributed by atoms with Crippen LogP contribution in [-0.4, -0.2) is 96.2 Å². The smallest absolute Gasteiger partial charge is 0.255 e. The summed E-state index contributed by atoms with van der Waals surface area (Å²) < 4.78 is 0. The molecule has 0 bridgehead atoms. The summed E-state index contributed by atoms with van der Waals surface area (Å²) in [5.41, 5.74) is 0.812. The molecule has 0 spiro atoms. The number of nitrogens with zero attached hydrogens (tertiary/aromatic N) is 1. The number of carbonyl (C=O) groups is 4. The number of nitrogens with one attached hydrogen (secondary N) is 1. The number of fused-ring (bicyclic) bond motifs is 3. The summed E-state index contributed by atoms with van der Waals surface area (Å²) in [7, 11) is 2.87. The zero-order valence-electron chi connectivity index (χ0n) is 21.0. The van der Waals surface area contributed by atoms with E-state index in [1.54, 1.807) is 6.92 Å². The number of alkyl halides is 1. The van der Waals surface area contributed by atoms with Gasteiger partial charge in [0.15, 0.2) is 11.4 Å². The summed E-state index contributed by atoms with van der Waals surface area (Å²) in [5.74, 6) is -10.3. The van der Waals surface area contributed by atoms with Crippen LogP contribution in [0.1, 0.15) is 24.0 Å². The van der Waals surface area contributed by atoms with Gasteiger partial charge in [0, 0.05) is 17.2 Å². The average molecular weight is 626 g/mol. The number of amides is 2. The molecule has 0 radical (unpaired) electrons. The number of halogens is 1. The highest BCUT2D eigenvalue weighted by Gasteiger charge is 2.68. The predicted molar refractivity (Wildman–Crippen MR) is 146 cm³/mol. The number of aliphatic hydroxyl groups excluding tert-OH is 3. The number of ketones is 2. The summed E-state index contributed by atoms with van der Waals surface area (Å²) in [4.78, 5) is 52.2. The van der Waals surface area contributed by atoms with Crippen LogP contribution in [0.4, 0.5) is 5.69 Å². The van der Waals surface area contributed by atoms with Gasteiger partial charge in [-0.2, -0.15) is 12.6 Å². The minimum absolute atomic E-state index is 0.0853. The van der Waals surface area contributed by atoms with Crippen molar-refractivity contribution in [1.82, 2.24) is 4.90 Å². The van der Waals surface area contributed by atoms with Gasteiger partial charge in [-0.3, -0.25) is 24.1 Å². The van der Waals surface area contributed by atoms with E-state index in [-0.39, 0.29) is 17.0 Å². The van der Waals surface area contributed by atoms with Crippen molar-refractivity contribution in [3.05, 3.63) is 40.2 Å². The first-order valence-electron chi connectivity index (χ1n) is 11.9. The Labute approximate surface area is 236 Å². The van der Waals surface area contributed by atoms with E-state index < -0.39 is 92.1 Å². The van der Waals surface area contributed by atoms with Gasteiger partial charge < -0.3 is 36.6 Å². The molecule has 1 fully saturated rings. The van der Waals surface area contributed by atoms with Crippen LogP contribution < -0.4 is 11.1 Å². The van der Waals surface area contributed by atoms with Crippen LogP contribution in [0.3, 0.4) is 0 Å². The SMILES string of the molecule is CC1c2ccc(NC(=O)C(Br)CS)c(O)c2C(O)=C2C(=O)C3(O)C(O)=C(C(N)=O)C(=O)[C@@H](N(C)C)C3C(O)C21. The first-order chi connectivity index (χ1) is 18.1. The number of benzene rings is 1. The number of hydrogen-bond donors (Lipinski definition) is 8. The lowest BCUT2D eigenvalue weighted by Gasteiger charge is -2.53. The van der Waals surface area contributed by atoms with Crippen molar-refractivity contribution >= 4 is 63.4 Å². The molecule has 0 aromatic heterocycles. The first-order valence-corrected chi connectivity index (χ1v) is 13.4. The molecule has 2 amide bonds. The van der Waals surface area contributed by atoms with E-state index >= 15 is 0 Å². The minimum Gasteiger partial charge on any atom is -0.508 e. The third kappa shape index (κ3) is 3.99. The van der Waals surface area contributed by atoms with Crippen molar-refractivity contribution in [2.75, 3.05) is 25.2 Å². The lowest BCUT2D eigenvalue weighted by Crippen LogP contribution is -2.70. The second kappa shape index (κ2) is 9.93. The third-order valence-electron chi connectivity index (χ3n) is 7.83. The molecule has 14 heteroatoms. The maximum absolute atomic E-state index is 14.0. The maximum atomic E-state index is 14.0. The summed E-state index contributed by atoms with van der Waals surface area (Å²) >= 11 is 7.18. The van der Waals surface area contributed by atoms with Gasteiger partial charge in [0.1, 0.15) is 27.7 Å². The van der Waals surface area contributed by atoms with E-state index in [2.05, 4.69) is 33.9 Å². The molecule has 1 saturated carbocycles. The number of aromatic hydroxyl groups is 1. The van der Waals surface area contributed by atoms with Gasteiger partial charge in [-0.25, -0.2) is 0 Å². The van der Waals surface area contributed by atoms with Gasteiger partial charge in [-0.15, -0.1) is 0 Å². The molecule has 4 rings (SSSR count).